The molecule has 8 heteroatoms. The van der Waals surface area contributed by atoms with Gasteiger partial charge in [-0.1, -0.05) is 18.9 Å². The zero-order valence-corrected chi connectivity index (χ0v) is 18.4. The molecule has 31 heavy (non-hydrogen) atoms. The Kier molecular flexibility index (Phi) is 8.75. The molecule has 0 bridgehead atoms. The van der Waals surface area contributed by atoms with Gasteiger partial charge in [0.1, 0.15) is 18.2 Å². The molecule has 8 nitrogen and oxygen atoms in total. The van der Waals surface area contributed by atoms with Crippen LogP contribution >= 0.6 is 0 Å². The number of unbranched alkanes of at least 4 members (excludes halogenated alkanes) is 3. The van der Waals surface area contributed by atoms with Gasteiger partial charge in [0.05, 0.1) is 6.10 Å². The Morgan fingerprint density at radius 1 is 1.13 bits per heavy atom. The molecule has 3 N–H and O–H groups in total. The number of nitrogens with zero attached hydrogens (tertiary/aromatic N) is 1. The highest BCUT2D eigenvalue weighted by molar-refractivity contribution is 5.92. The normalized spacial score (nSPS) is 24.6. The van der Waals surface area contributed by atoms with Crippen molar-refractivity contribution in [3.8, 4) is 0 Å². The van der Waals surface area contributed by atoms with E-state index >= 15 is 0 Å². The number of aliphatic hydroxyl groups excluding tert-OH is 1. The molecule has 3 rings (SSSR count). The molecule has 2 aliphatic carbocycles. The number of allylic oxidation sites excluding steroid dienone is 1. The van der Waals surface area contributed by atoms with Crippen LogP contribution in [-0.2, 0) is 14.3 Å². The third kappa shape index (κ3) is 7.23. The molecule has 0 spiro atoms. The van der Waals surface area contributed by atoms with Crippen LogP contribution in [-0.4, -0.2) is 64.8 Å². The zero-order valence-electron chi connectivity index (χ0n) is 18.4. The molecule has 1 heterocycles. The summed E-state index contributed by atoms with van der Waals surface area (Å²) in [5.41, 5.74) is 0. The van der Waals surface area contributed by atoms with Gasteiger partial charge in [0, 0.05) is 19.0 Å². The van der Waals surface area contributed by atoms with Gasteiger partial charge in [-0.05, 0) is 57.8 Å². The monoisotopic (exact) mass is 435 g/mol. The first kappa shape index (κ1) is 23.6. The van der Waals surface area contributed by atoms with Gasteiger partial charge in [-0.15, -0.1) is 6.58 Å². The molecule has 1 saturated heterocycles. The van der Waals surface area contributed by atoms with E-state index in [1.54, 1.807) is 0 Å². The van der Waals surface area contributed by atoms with Gasteiger partial charge in [0.2, 0.25) is 11.8 Å². The summed E-state index contributed by atoms with van der Waals surface area (Å²) >= 11 is 0. The second kappa shape index (κ2) is 11.5. The van der Waals surface area contributed by atoms with Gasteiger partial charge < -0.3 is 25.4 Å². The maximum Gasteiger partial charge on any atom is 0.408 e. The first-order valence-electron chi connectivity index (χ1n) is 11.8. The lowest BCUT2D eigenvalue weighted by atomic mass is 10.1. The number of carbonyl (C=O) groups excluding carboxylic acids is 3. The van der Waals surface area contributed by atoms with Gasteiger partial charge in [-0.3, -0.25) is 9.59 Å². The summed E-state index contributed by atoms with van der Waals surface area (Å²) in [4.78, 5) is 39.9. The van der Waals surface area contributed by atoms with Crippen molar-refractivity contribution in [3.63, 3.8) is 0 Å². The lowest BCUT2D eigenvalue weighted by Gasteiger charge is -2.28. The number of β-amino-alcohol motifs (C(OH)–C–C–N with tert-alkyl or cyclic N) is 1. The zero-order chi connectivity index (χ0) is 22.2. The van der Waals surface area contributed by atoms with Gasteiger partial charge in [-0.25, -0.2) is 4.79 Å². The van der Waals surface area contributed by atoms with E-state index in [1.165, 1.54) is 4.90 Å². The molecular formula is C23H37N3O5. The molecule has 2 saturated carbocycles. The van der Waals surface area contributed by atoms with Gasteiger partial charge >= 0.3 is 6.09 Å². The molecular weight excluding hydrogens is 398 g/mol. The van der Waals surface area contributed by atoms with Crippen molar-refractivity contribution in [1.82, 2.24) is 15.5 Å². The van der Waals surface area contributed by atoms with Crippen LogP contribution in [0.15, 0.2) is 12.7 Å². The Bertz CT molecular complexity index is 645. The van der Waals surface area contributed by atoms with Gasteiger partial charge in [0.25, 0.3) is 0 Å². The maximum atomic E-state index is 13.3. The van der Waals surface area contributed by atoms with Crippen molar-refractivity contribution < 1.29 is 24.2 Å². The van der Waals surface area contributed by atoms with Crippen LogP contribution < -0.4 is 10.6 Å². The fraction of sp³-hybridized carbons (Fsp3) is 0.783. The molecule has 0 aromatic carbocycles. The number of aliphatic hydroxyl groups is 1. The second-order valence-corrected chi connectivity index (χ2v) is 9.11. The molecule has 174 valence electrons. The topological polar surface area (TPSA) is 108 Å². The molecule has 1 aliphatic heterocycles. The van der Waals surface area contributed by atoms with E-state index in [0.717, 1.165) is 64.2 Å². The van der Waals surface area contributed by atoms with Crippen molar-refractivity contribution in [2.45, 2.75) is 107 Å². The Morgan fingerprint density at radius 3 is 2.55 bits per heavy atom. The first-order valence-corrected chi connectivity index (χ1v) is 11.8. The van der Waals surface area contributed by atoms with Crippen LogP contribution in [0.2, 0.25) is 0 Å². The summed E-state index contributed by atoms with van der Waals surface area (Å²) in [6.07, 6.45) is 10.5. The number of likely N-dealkylation sites (tertiary alicyclic amines) is 1. The van der Waals surface area contributed by atoms with Crippen molar-refractivity contribution in [2.24, 2.45) is 0 Å². The number of amides is 3. The Balaban J connectivity index is 1.61. The number of hydrogen-bond donors (Lipinski definition) is 3. The molecule has 3 atom stereocenters. The number of hydrogen-bond acceptors (Lipinski definition) is 5. The van der Waals surface area contributed by atoms with E-state index in [1.807, 2.05) is 6.08 Å². The number of nitrogens with one attached hydrogen (secondary N) is 2. The highest BCUT2D eigenvalue weighted by atomic mass is 16.6. The lowest BCUT2D eigenvalue weighted by Crippen LogP contribution is -2.54. The van der Waals surface area contributed by atoms with E-state index < -0.39 is 24.3 Å². The van der Waals surface area contributed by atoms with Crippen LogP contribution in [0.1, 0.15) is 77.0 Å². The standard InChI is InChI=1S/C23H37N3O5/c1-2-3-4-5-6-11-19(25-23(30)31-18-9-7-8-10-18)22(29)26-15-17(27)14-20(26)21(28)24-16-12-13-16/h2,16-20,27H,1,3-15H2,(H,24,28)(H,25,30)/t17?,19?,20-/m0/s1. The number of rotatable bonds is 11. The fourth-order valence-electron chi connectivity index (χ4n) is 4.44. The predicted molar refractivity (Wildman–Crippen MR) is 116 cm³/mol. The molecule has 3 amide bonds. The maximum absolute atomic E-state index is 13.3. The quantitative estimate of drug-likeness (QED) is 0.341. The van der Waals surface area contributed by atoms with Crippen molar-refractivity contribution in [2.75, 3.05) is 6.54 Å². The van der Waals surface area contributed by atoms with Crippen molar-refractivity contribution in [3.05, 3.63) is 12.7 Å². The first-order chi connectivity index (χ1) is 15.0. The SMILES string of the molecule is C=CCCCCCC(NC(=O)OC1CCCC1)C(=O)N1CC(O)C[C@H]1C(=O)NC1CC1. The van der Waals surface area contributed by atoms with E-state index in [2.05, 4.69) is 17.2 Å². The molecule has 0 aromatic heterocycles. The largest absolute Gasteiger partial charge is 0.446 e. The smallest absolute Gasteiger partial charge is 0.408 e. The molecule has 3 fully saturated rings. The lowest BCUT2D eigenvalue weighted by molar-refractivity contribution is -0.140. The molecule has 0 radical (unpaired) electrons. The van der Waals surface area contributed by atoms with E-state index in [0.29, 0.717) is 6.42 Å². The van der Waals surface area contributed by atoms with Crippen LogP contribution in [0, 0.1) is 0 Å². The molecule has 0 aromatic rings. The fourth-order valence-corrected chi connectivity index (χ4v) is 4.44. The van der Waals surface area contributed by atoms with Gasteiger partial charge in [0.15, 0.2) is 0 Å². The van der Waals surface area contributed by atoms with Crippen LogP contribution in [0.25, 0.3) is 0 Å². The van der Waals surface area contributed by atoms with Crippen molar-refractivity contribution >= 4 is 17.9 Å². The Morgan fingerprint density at radius 2 is 1.87 bits per heavy atom. The van der Waals surface area contributed by atoms with E-state index in [4.69, 9.17) is 4.74 Å². The number of ether oxygens (including phenoxy) is 1. The van der Waals surface area contributed by atoms with Crippen LogP contribution in [0.5, 0.6) is 0 Å². The van der Waals surface area contributed by atoms with Crippen LogP contribution in [0.4, 0.5) is 4.79 Å². The van der Waals surface area contributed by atoms with Crippen molar-refractivity contribution in [1.29, 1.82) is 0 Å². The second-order valence-electron chi connectivity index (χ2n) is 9.11. The minimum atomic E-state index is -0.765. The third-order valence-corrected chi connectivity index (χ3v) is 6.36. The summed E-state index contributed by atoms with van der Waals surface area (Å²) in [5, 5.41) is 15.8. The minimum Gasteiger partial charge on any atom is -0.446 e. The number of alkyl carbamates (subject to hydrolysis) is 1. The molecule has 2 unspecified atom stereocenters. The summed E-state index contributed by atoms with van der Waals surface area (Å²) in [5.74, 6) is -0.537. The highest BCUT2D eigenvalue weighted by Crippen LogP contribution is 2.24. The van der Waals surface area contributed by atoms with Gasteiger partial charge in [-0.2, -0.15) is 0 Å². The Hall–Kier alpha value is -2.09. The molecule has 3 aliphatic rings. The average molecular weight is 436 g/mol. The third-order valence-electron chi connectivity index (χ3n) is 6.36. The summed E-state index contributed by atoms with van der Waals surface area (Å²) in [6.45, 7) is 3.83. The summed E-state index contributed by atoms with van der Waals surface area (Å²) in [6, 6.07) is -1.28. The Labute approximate surface area is 184 Å². The predicted octanol–water partition coefficient (Wildman–Crippen LogP) is 2.40. The van der Waals surface area contributed by atoms with Crippen LogP contribution in [0.3, 0.4) is 0 Å². The summed E-state index contributed by atoms with van der Waals surface area (Å²) in [7, 11) is 0. The minimum absolute atomic E-state index is 0.0889. The van der Waals surface area contributed by atoms with E-state index in [-0.39, 0.29) is 36.9 Å². The van der Waals surface area contributed by atoms with E-state index in [9.17, 15) is 19.5 Å². The summed E-state index contributed by atoms with van der Waals surface area (Å²) < 4.78 is 5.49. The average Bonchev–Trinajstić information content (AvgIpc) is 3.23. The number of carbonyl (C=O) groups is 3. The highest BCUT2D eigenvalue weighted by Gasteiger charge is 2.42.